The van der Waals surface area contributed by atoms with E-state index in [9.17, 15) is 19.2 Å². The maximum atomic E-state index is 12.6. The van der Waals surface area contributed by atoms with Crippen LogP contribution in [0.4, 0.5) is 21.0 Å². The van der Waals surface area contributed by atoms with Crippen molar-refractivity contribution in [1.29, 1.82) is 0 Å². The summed E-state index contributed by atoms with van der Waals surface area (Å²) in [5.41, 5.74) is 0.882. The van der Waals surface area contributed by atoms with E-state index in [1.165, 1.54) is 4.90 Å². The van der Waals surface area contributed by atoms with Gasteiger partial charge in [-0.15, -0.1) is 0 Å². The number of anilines is 2. The molecular formula is C20H18N4O5. The van der Waals surface area contributed by atoms with Gasteiger partial charge < -0.3 is 15.4 Å². The highest BCUT2D eigenvalue weighted by molar-refractivity contribution is 6.08. The van der Waals surface area contributed by atoms with Crippen LogP contribution in [0.3, 0.4) is 0 Å². The molecule has 4 rings (SSSR count). The zero-order valence-electron chi connectivity index (χ0n) is 15.5. The zero-order chi connectivity index (χ0) is 20.6. The number of nitrogens with zero attached hydrogens (tertiary/aromatic N) is 1. The van der Waals surface area contributed by atoms with Crippen LogP contribution >= 0.6 is 0 Å². The van der Waals surface area contributed by atoms with E-state index in [-0.39, 0.29) is 5.91 Å². The highest BCUT2D eigenvalue weighted by Gasteiger charge is 2.43. The average Bonchev–Trinajstić information content (AvgIpc) is 3.24. The van der Waals surface area contributed by atoms with Crippen molar-refractivity contribution >= 4 is 35.3 Å². The first kappa shape index (κ1) is 18.5. The molecule has 2 aliphatic heterocycles. The lowest BCUT2D eigenvalue weighted by atomic mass is 9.92. The molecule has 2 aliphatic rings. The molecule has 0 bridgehead atoms. The standard InChI is InChI=1S/C20H18N4O5/c1-20(17(26)22-18(27)23-20)13-3-2-4-14(11-13)21-16(25)12-5-7-15(8-6-12)24-9-10-29-19(24)28/h2-8,11H,9-10H2,1H3,(H,21,25)(H2,22,23,26,27). The van der Waals surface area contributed by atoms with Crippen molar-refractivity contribution in [1.82, 2.24) is 10.6 Å². The number of hydrogen-bond donors (Lipinski definition) is 3. The topological polar surface area (TPSA) is 117 Å². The van der Waals surface area contributed by atoms with Crippen molar-refractivity contribution in [2.24, 2.45) is 0 Å². The summed E-state index contributed by atoms with van der Waals surface area (Å²) >= 11 is 0. The Kier molecular flexibility index (Phi) is 4.42. The van der Waals surface area contributed by atoms with Crippen LogP contribution in [0.15, 0.2) is 48.5 Å². The van der Waals surface area contributed by atoms with E-state index in [2.05, 4.69) is 16.0 Å². The average molecular weight is 394 g/mol. The summed E-state index contributed by atoms with van der Waals surface area (Å²) in [7, 11) is 0. The maximum Gasteiger partial charge on any atom is 0.414 e. The molecule has 29 heavy (non-hydrogen) atoms. The van der Waals surface area contributed by atoms with E-state index in [1.807, 2.05) is 0 Å². The second-order valence-electron chi connectivity index (χ2n) is 6.88. The van der Waals surface area contributed by atoms with Crippen molar-refractivity contribution in [3.63, 3.8) is 0 Å². The lowest BCUT2D eigenvalue weighted by molar-refractivity contribution is -0.123. The molecule has 2 saturated heterocycles. The Bertz CT molecular complexity index is 1020. The molecule has 2 heterocycles. The SMILES string of the molecule is CC1(c2cccc(NC(=O)c3ccc(N4CCOC4=O)cc3)c2)NC(=O)NC1=O. The highest BCUT2D eigenvalue weighted by Crippen LogP contribution is 2.27. The van der Waals surface area contributed by atoms with E-state index in [1.54, 1.807) is 55.5 Å². The smallest absolute Gasteiger partial charge is 0.414 e. The Hall–Kier alpha value is -3.88. The van der Waals surface area contributed by atoms with Gasteiger partial charge in [-0.05, 0) is 48.9 Å². The number of amides is 5. The number of ether oxygens (including phenoxy) is 1. The van der Waals surface area contributed by atoms with Crippen LogP contribution in [-0.4, -0.2) is 37.1 Å². The minimum absolute atomic E-state index is 0.342. The molecule has 0 saturated carbocycles. The number of nitrogens with one attached hydrogen (secondary N) is 3. The van der Waals surface area contributed by atoms with Gasteiger partial charge in [-0.3, -0.25) is 19.8 Å². The monoisotopic (exact) mass is 394 g/mol. The van der Waals surface area contributed by atoms with Gasteiger partial charge in [0.15, 0.2) is 0 Å². The van der Waals surface area contributed by atoms with Crippen LogP contribution in [0.1, 0.15) is 22.8 Å². The molecule has 0 aliphatic carbocycles. The molecule has 3 N–H and O–H groups in total. The number of benzene rings is 2. The summed E-state index contributed by atoms with van der Waals surface area (Å²) in [5, 5.41) is 7.58. The van der Waals surface area contributed by atoms with Gasteiger partial charge in [-0.2, -0.15) is 0 Å². The molecule has 5 amide bonds. The summed E-state index contributed by atoms with van der Waals surface area (Å²) < 4.78 is 4.91. The van der Waals surface area contributed by atoms with Gasteiger partial charge >= 0.3 is 12.1 Å². The summed E-state index contributed by atoms with van der Waals surface area (Å²) in [6.45, 7) is 2.41. The molecule has 9 heteroatoms. The summed E-state index contributed by atoms with van der Waals surface area (Å²) in [4.78, 5) is 49.3. The quantitative estimate of drug-likeness (QED) is 0.686. The first-order valence-corrected chi connectivity index (χ1v) is 8.97. The van der Waals surface area contributed by atoms with Gasteiger partial charge in [0.1, 0.15) is 12.1 Å². The number of rotatable bonds is 4. The first-order valence-electron chi connectivity index (χ1n) is 8.97. The molecule has 1 unspecified atom stereocenters. The second-order valence-corrected chi connectivity index (χ2v) is 6.88. The Morgan fingerprint density at radius 2 is 1.90 bits per heavy atom. The van der Waals surface area contributed by atoms with E-state index < -0.39 is 23.6 Å². The van der Waals surface area contributed by atoms with Crippen LogP contribution < -0.4 is 20.9 Å². The van der Waals surface area contributed by atoms with Gasteiger partial charge in [-0.1, -0.05) is 12.1 Å². The molecule has 9 nitrogen and oxygen atoms in total. The Morgan fingerprint density at radius 1 is 1.14 bits per heavy atom. The largest absolute Gasteiger partial charge is 0.447 e. The predicted octanol–water partition coefficient (Wildman–Crippen LogP) is 1.95. The molecule has 1 atom stereocenters. The third-order valence-electron chi connectivity index (χ3n) is 4.94. The molecule has 2 aromatic carbocycles. The third kappa shape index (κ3) is 3.38. The normalized spacial score (nSPS) is 20.9. The molecular weight excluding hydrogens is 376 g/mol. The fourth-order valence-electron chi connectivity index (χ4n) is 3.28. The molecule has 2 fully saturated rings. The van der Waals surface area contributed by atoms with Crippen molar-refractivity contribution in [3.05, 3.63) is 59.7 Å². The van der Waals surface area contributed by atoms with Crippen LogP contribution in [0, 0.1) is 0 Å². The fraction of sp³-hybridized carbons (Fsp3) is 0.200. The molecule has 2 aromatic rings. The van der Waals surface area contributed by atoms with Gasteiger partial charge in [-0.25, -0.2) is 9.59 Å². The number of imide groups is 1. The Morgan fingerprint density at radius 3 is 2.52 bits per heavy atom. The van der Waals surface area contributed by atoms with Crippen LogP contribution in [-0.2, 0) is 15.1 Å². The lowest BCUT2D eigenvalue weighted by Crippen LogP contribution is -2.40. The maximum absolute atomic E-state index is 12.6. The number of carbonyl (C=O) groups is 4. The van der Waals surface area contributed by atoms with Crippen molar-refractivity contribution < 1.29 is 23.9 Å². The number of cyclic esters (lactones) is 1. The lowest BCUT2D eigenvalue weighted by Gasteiger charge is -2.21. The zero-order valence-corrected chi connectivity index (χ0v) is 15.5. The number of carbonyl (C=O) groups excluding carboxylic acids is 4. The van der Waals surface area contributed by atoms with Gasteiger partial charge in [0, 0.05) is 16.9 Å². The first-order chi connectivity index (χ1) is 13.9. The highest BCUT2D eigenvalue weighted by atomic mass is 16.6. The molecule has 148 valence electrons. The summed E-state index contributed by atoms with van der Waals surface area (Å²) in [6, 6.07) is 12.7. The fourth-order valence-corrected chi connectivity index (χ4v) is 3.28. The minimum atomic E-state index is -1.20. The minimum Gasteiger partial charge on any atom is -0.447 e. The molecule has 0 spiro atoms. The van der Waals surface area contributed by atoms with Gasteiger partial charge in [0.05, 0.1) is 6.54 Å². The van der Waals surface area contributed by atoms with Crippen LogP contribution in [0.5, 0.6) is 0 Å². The van der Waals surface area contributed by atoms with E-state index in [4.69, 9.17) is 4.74 Å². The van der Waals surface area contributed by atoms with Crippen molar-refractivity contribution in [2.45, 2.75) is 12.5 Å². The van der Waals surface area contributed by atoms with Gasteiger partial charge in [0.25, 0.3) is 11.8 Å². The Labute approximate surface area is 166 Å². The summed E-state index contributed by atoms with van der Waals surface area (Å²) in [5.74, 6) is -0.801. The van der Waals surface area contributed by atoms with E-state index in [0.717, 1.165) is 0 Å². The van der Waals surface area contributed by atoms with Gasteiger partial charge in [0.2, 0.25) is 0 Å². The molecule has 0 radical (unpaired) electrons. The number of hydrogen-bond acceptors (Lipinski definition) is 5. The molecule has 0 aromatic heterocycles. The number of urea groups is 1. The Balaban J connectivity index is 1.50. The third-order valence-corrected chi connectivity index (χ3v) is 4.94. The van der Waals surface area contributed by atoms with Crippen LogP contribution in [0.25, 0.3) is 0 Å². The summed E-state index contributed by atoms with van der Waals surface area (Å²) in [6.07, 6.45) is -0.407. The van der Waals surface area contributed by atoms with E-state index in [0.29, 0.717) is 35.7 Å². The predicted molar refractivity (Wildman–Crippen MR) is 104 cm³/mol. The van der Waals surface area contributed by atoms with Crippen LogP contribution in [0.2, 0.25) is 0 Å². The van der Waals surface area contributed by atoms with Crippen molar-refractivity contribution in [3.8, 4) is 0 Å². The van der Waals surface area contributed by atoms with E-state index >= 15 is 0 Å². The van der Waals surface area contributed by atoms with Crippen molar-refractivity contribution in [2.75, 3.05) is 23.4 Å². The second kappa shape index (κ2) is 6.93.